The number of rotatable bonds is 4. The van der Waals surface area contributed by atoms with E-state index in [1.165, 1.54) is 5.56 Å². The van der Waals surface area contributed by atoms with E-state index in [9.17, 15) is 0 Å². The monoisotopic (exact) mass is 269 g/mol. The van der Waals surface area contributed by atoms with E-state index in [2.05, 4.69) is 42.4 Å². The summed E-state index contributed by atoms with van der Waals surface area (Å²) in [6.45, 7) is 2.07. The molecule has 0 aromatic heterocycles. The molecule has 1 unspecified atom stereocenters. The van der Waals surface area contributed by atoms with Crippen molar-refractivity contribution >= 4 is 17.3 Å². The number of terminal acetylenes is 1. The SMILES string of the molecule is C#CCC(Nc1ccc(C)cc1)c1ccc(Cl)cc1. The van der Waals surface area contributed by atoms with E-state index in [1.54, 1.807) is 0 Å². The maximum Gasteiger partial charge on any atom is 0.0623 e. The molecule has 0 bridgehead atoms. The van der Waals surface area contributed by atoms with Crippen LogP contribution in [-0.2, 0) is 0 Å². The van der Waals surface area contributed by atoms with Crippen LogP contribution >= 0.6 is 11.6 Å². The van der Waals surface area contributed by atoms with Crippen LogP contribution < -0.4 is 5.32 Å². The molecule has 0 radical (unpaired) electrons. The molecule has 96 valence electrons. The highest BCUT2D eigenvalue weighted by Crippen LogP contribution is 2.24. The van der Waals surface area contributed by atoms with Crippen LogP contribution in [0.2, 0.25) is 5.02 Å². The molecule has 0 spiro atoms. The van der Waals surface area contributed by atoms with Crippen LogP contribution in [-0.4, -0.2) is 0 Å². The molecule has 0 aliphatic rings. The first kappa shape index (κ1) is 13.5. The summed E-state index contributed by atoms with van der Waals surface area (Å²) < 4.78 is 0. The highest BCUT2D eigenvalue weighted by atomic mass is 35.5. The third-order valence-corrected chi connectivity index (χ3v) is 3.24. The zero-order valence-corrected chi connectivity index (χ0v) is 11.6. The minimum absolute atomic E-state index is 0.102. The van der Waals surface area contributed by atoms with Gasteiger partial charge in [0.05, 0.1) is 6.04 Å². The Bertz CT molecular complexity index is 564. The van der Waals surface area contributed by atoms with E-state index in [0.717, 1.165) is 16.3 Å². The van der Waals surface area contributed by atoms with Crippen LogP contribution in [0.1, 0.15) is 23.6 Å². The first-order valence-electron chi connectivity index (χ1n) is 6.21. The summed E-state index contributed by atoms with van der Waals surface area (Å²) in [5.74, 6) is 2.72. The summed E-state index contributed by atoms with van der Waals surface area (Å²) in [4.78, 5) is 0. The highest BCUT2D eigenvalue weighted by Gasteiger charge is 2.09. The van der Waals surface area contributed by atoms with Gasteiger partial charge in [-0.05, 0) is 36.8 Å². The smallest absolute Gasteiger partial charge is 0.0623 e. The van der Waals surface area contributed by atoms with Crippen LogP contribution in [0.5, 0.6) is 0 Å². The van der Waals surface area contributed by atoms with Gasteiger partial charge in [-0.3, -0.25) is 0 Å². The van der Waals surface area contributed by atoms with Crippen molar-refractivity contribution in [3.63, 3.8) is 0 Å². The summed E-state index contributed by atoms with van der Waals surface area (Å²) in [7, 11) is 0. The van der Waals surface area contributed by atoms with Crippen LogP contribution in [0.25, 0.3) is 0 Å². The molecular formula is C17H16ClN. The third kappa shape index (κ3) is 3.77. The largest absolute Gasteiger partial charge is 0.377 e. The molecule has 2 rings (SSSR count). The molecular weight excluding hydrogens is 254 g/mol. The molecule has 2 aromatic rings. The van der Waals surface area contributed by atoms with Gasteiger partial charge in [-0.25, -0.2) is 0 Å². The Kier molecular flexibility index (Phi) is 4.49. The lowest BCUT2D eigenvalue weighted by Gasteiger charge is -2.18. The van der Waals surface area contributed by atoms with Gasteiger partial charge in [0.2, 0.25) is 0 Å². The van der Waals surface area contributed by atoms with Crippen molar-refractivity contribution in [3.8, 4) is 12.3 Å². The van der Waals surface area contributed by atoms with Gasteiger partial charge in [-0.15, -0.1) is 12.3 Å². The quantitative estimate of drug-likeness (QED) is 0.785. The Morgan fingerprint density at radius 1 is 1.11 bits per heavy atom. The third-order valence-electron chi connectivity index (χ3n) is 2.99. The number of benzene rings is 2. The fourth-order valence-electron chi connectivity index (χ4n) is 1.92. The van der Waals surface area contributed by atoms with Gasteiger partial charge >= 0.3 is 0 Å². The molecule has 2 heteroatoms. The highest BCUT2D eigenvalue weighted by molar-refractivity contribution is 6.30. The fourth-order valence-corrected chi connectivity index (χ4v) is 2.04. The van der Waals surface area contributed by atoms with Crippen LogP contribution in [0.15, 0.2) is 48.5 Å². The van der Waals surface area contributed by atoms with Crippen LogP contribution in [0, 0.1) is 19.3 Å². The number of hydrogen-bond donors (Lipinski definition) is 1. The summed E-state index contributed by atoms with van der Waals surface area (Å²) in [6.07, 6.45) is 6.09. The molecule has 1 nitrogen and oxygen atoms in total. The second kappa shape index (κ2) is 6.31. The maximum absolute atomic E-state index is 5.91. The van der Waals surface area contributed by atoms with Gasteiger partial charge < -0.3 is 5.32 Å². The Morgan fingerprint density at radius 3 is 2.32 bits per heavy atom. The Balaban J connectivity index is 2.18. The maximum atomic E-state index is 5.91. The zero-order valence-electron chi connectivity index (χ0n) is 10.9. The van der Waals surface area contributed by atoms with E-state index in [4.69, 9.17) is 18.0 Å². The minimum Gasteiger partial charge on any atom is -0.377 e. The van der Waals surface area contributed by atoms with E-state index in [1.807, 2.05) is 24.3 Å². The molecule has 1 atom stereocenters. The van der Waals surface area contributed by atoms with Gasteiger partial charge in [0.15, 0.2) is 0 Å². The lowest BCUT2D eigenvalue weighted by atomic mass is 10.0. The van der Waals surface area contributed by atoms with E-state index >= 15 is 0 Å². The average Bonchev–Trinajstić information content (AvgIpc) is 2.42. The standard InChI is InChI=1S/C17H16ClN/c1-3-4-17(14-7-9-15(18)10-8-14)19-16-11-5-13(2)6-12-16/h1,5-12,17,19H,4H2,2H3. The molecule has 2 aromatic carbocycles. The summed E-state index contributed by atoms with van der Waals surface area (Å²) in [5.41, 5.74) is 3.45. The number of aryl methyl sites for hydroxylation is 1. The van der Waals surface area contributed by atoms with Crippen LogP contribution in [0.3, 0.4) is 0 Å². The number of hydrogen-bond acceptors (Lipinski definition) is 1. The first-order valence-corrected chi connectivity index (χ1v) is 6.59. The lowest BCUT2D eigenvalue weighted by molar-refractivity contribution is 0.814. The molecule has 0 saturated carbocycles. The molecule has 0 aliphatic heterocycles. The predicted octanol–water partition coefficient (Wildman–Crippen LogP) is 4.82. The molecule has 19 heavy (non-hydrogen) atoms. The predicted molar refractivity (Wildman–Crippen MR) is 82.4 cm³/mol. The molecule has 0 fully saturated rings. The Morgan fingerprint density at radius 2 is 1.74 bits per heavy atom. The van der Waals surface area contributed by atoms with Crippen molar-refractivity contribution in [1.82, 2.24) is 0 Å². The van der Waals surface area contributed by atoms with Crippen molar-refractivity contribution in [2.45, 2.75) is 19.4 Å². The number of nitrogens with one attached hydrogen (secondary N) is 1. The molecule has 0 aliphatic carbocycles. The van der Waals surface area contributed by atoms with Crippen molar-refractivity contribution < 1.29 is 0 Å². The van der Waals surface area contributed by atoms with Gasteiger partial charge in [-0.1, -0.05) is 41.4 Å². The minimum atomic E-state index is 0.102. The van der Waals surface area contributed by atoms with Crippen molar-refractivity contribution in [3.05, 3.63) is 64.7 Å². The zero-order chi connectivity index (χ0) is 13.7. The lowest BCUT2D eigenvalue weighted by Crippen LogP contribution is -2.10. The second-order valence-electron chi connectivity index (χ2n) is 4.52. The normalized spacial score (nSPS) is 11.6. The van der Waals surface area contributed by atoms with Gasteiger partial charge in [0.1, 0.15) is 0 Å². The summed E-state index contributed by atoms with van der Waals surface area (Å²) >= 11 is 5.91. The van der Waals surface area contributed by atoms with Crippen molar-refractivity contribution in [2.24, 2.45) is 0 Å². The summed E-state index contributed by atoms with van der Waals surface area (Å²) in [5, 5.41) is 4.19. The first-order chi connectivity index (χ1) is 9.19. The second-order valence-corrected chi connectivity index (χ2v) is 4.96. The Labute approximate surface area is 119 Å². The van der Waals surface area contributed by atoms with Crippen LogP contribution in [0.4, 0.5) is 5.69 Å². The molecule has 0 saturated heterocycles. The fraction of sp³-hybridized carbons (Fsp3) is 0.176. The van der Waals surface area contributed by atoms with Gasteiger partial charge in [0.25, 0.3) is 0 Å². The van der Waals surface area contributed by atoms with Crippen molar-refractivity contribution in [1.29, 1.82) is 0 Å². The Hall–Kier alpha value is -1.91. The van der Waals surface area contributed by atoms with E-state index < -0.39 is 0 Å². The topological polar surface area (TPSA) is 12.0 Å². The van der Waals surface area contributed by atoms with E-state index in [-0.39, 0.29) is 6.04 Å². The molecule has 1 N–H and O–H groups in total. The molecule has 0 heterocycles. The molecule has 0 amide bonds. The van der Waals surface area contributed by atoms with Gasteiger partial charge in [0, 0.05) is 17.1 Å². The average molecular weight is 270 g/mol. The van der Waals surface area contributed by atoms with E-state index in [0.29, 0.717) is 6.42 Å². The number of anilines is 1. The summed E-state index contributed by atoms with van der Waals surface area (Å²) in [6, 6.07) is 16.2. The van der Waals surface area contributed by atoms with Gasteiger partial charge in [-0.2, -0.15) is 0 Å². The van der Waals surface area contributed by atoms with Crippen molar-refractivity contribution in [2.75, 3.05) is 5.32 Å². The number of halogens is 1.